The van der Waals surface area contributed by atoms with Crippen molar-refractivity contribution in [1.29, 1.82) is 0 Å². The van der Waals surface area contributed by atoms with Crippen molar-refractivity contribution < 1.29 is 5.11 Å². The van der Waals surface area contributed by atoms with Gasteiger partial charge in [-0.15, -0.1) is 0 Å². The quantitative estimate of drug-likeness (QED) is 0.824. The third-order valence-electron chi connectivity index (χ3n) is 3.81. The summed E-state index contributed by atoms with van der Waals surface area (Å²) in [5, 5.41) is 10.7. The number of hydrogen-bond acceptors (Lipinski definition) is 2. The van der Waals surface area contributed by atoms with E-state index in [9.17, 15) is 5.11 Å². The minimum absolute atomic E-state index is 0.287. The first-order valence-electron chi connectivity index (χ1n) is 6.11. The fraction of sp³-hybridized carbons (Fsp3) is 0.571. The number of piperidine rings is 1. The predicted molar refractivity (Wildman–Crippen MR) is 66.5 cm³/mol. The normalized spacial score (nSPS) is 31.6. The van der Waals surface area contributed by atoms with Crippen molar-refractivity contribution in [3.05, 3.63) is 35.9 Å². The van der Waals surface area contributed by atoms with Crippen LogP contribution in [0.4, 0.5) is 0 Å². The molecule has 1 fully saturated rings. The molecule has 1 aromatic carbocycles. The molecule has 2 nitrogen and oxygen atoms in total. The fourth-order valence-electron chi connectivity index (χ4n) is 2.80. The second-order valence-corrected chi connectivity index (χ2v) is 4.95. The zero-order chi connectivity index (χ0) is 11.6. The summed E-state index contributed by atoms with van der Waals surface area (Å²) in [6, 6.07) is 10.4. The molecule has 1 saturated heterocycles. The van der Waals surface area contributed by atoms with Gasteiger partial charge in [-0.2, -0.15) is 0 Å². The minimum Gasteiger partial charge on any atom is -0.388 e. The van der Waals surface area contributed by atoms with Crippen LogP contribution in [0, 0.1) is 0 Å². The van der Waals surface area contributed by atoms with Crippen molar-refractivity contribution in [2.75, 3.05) is 20.1 Å². The lowest BCUT2D eigenvalue weighted by Gasteiger charge is -2.43. The van der Waals surface area contributed by atoms with Gasteiger partial charge in [0.25, 0.3) is 0 Å². The van der Waals surface area contributed by atoms with Crippen molar-refractivity contribution in [2.24, 2.45) is 0 Å². The number of likely N-dealkylation sites (N-methyl/N-ethyl adjacent to an activating group) is 1. The highest BCUT2D eigenvalue weighted by atomic mass is 16.3. The summed E-state index contributed by atoms with van der Waals surface area (Å²) in [5.74, 6) is 0.287. The molecule has 1 aliphatic rings. The first-order valence-corrected chi connectivity index (χ1v) is 6.11. The van der Waals surface area contributed by atoms with Gasteiger partial charge in [0.15, 0.2) is 0 Å². The zero-order valence-electron chi connectivity index (χ0n) is 10.2. The molecule has 0 radical (unpaired) electrons. The maximum Gasteiger partial charge on any atom is 0.0839 e. The number of aliphatic hydroxyl groups is 1. The van der Waals surface area contributed by atoms with E-state index >= 15 is 0 Å². The topological polar surface area (TPSA) is 23.5 Å². The Morgan fingerprint density at radius 2 is 2.06 bits per heavy atom. The molecule has 0 aromatic heterocycles. The Balaban J connectivity index is 2.26. The predicted octanol–water partition coefficient (Wildman–Crippen LogP) is 2.25. The summed E-state index contributed by atoms with van der Waals surface area (Å²) in [4.78, 5) is 2.23. The summed E-state index contributed by atoms with van der Waals surface area (Å²) in [7, 11) is 2.09. The van der Waals surface area contributed by atoms with Crippen molar-refractivity contribution in [3.63, 3.8) is 0 Å². The molecule has 0 amide bonds. The molecule has 1 heterocycles. The number of benzene rings is 1. The van der Waals surface area contributed by atoms with E-state index in [0.717, 1.165) is 25.9 Å². The lowest BCUT2D eigenvalue weighted by Crippen LogP contribution is -2.51. The number of rotatable bonds is 2. The van der Waals surface area contributed by atoms with Gasteiger partial charge < -0.3 is 10.0 Å². The summed E-state index contributed by atoms with van der Waals surface area (Å²) < 4.78 is 0. The molecule has 2 atom stereocenters. The summed E-state index contributed by atoms with van der Waals surface area (Å²) in [6.45, 7) is 3.93. The van der Waals surface area contributed by atoms with Gasteiger partial charge in [0.2, 0.25) is 0 Å². The number of nitrogens with zero attached hydrogens (tertiary/aromatic N) is 1. The second kappa shape index (κ2) is 4.56. The lowest BCUT2D eigenvalue weighted by molar-refractivity contribution is -0.0449. The Morgan fingerprint density at radius 3 is 2.69 bits per heavy atom. The molecule has 0 saturated carbocycles. The van der Waals surface area contributed by atoms with E-state index in [-0.39, 0.29) is 5.92 Å². The zero-order valence-corrected chi connectivity index (χ0v) is 10.2. The minimum atomic E-state index is -0.561. The number of β-amino-alcohol motifs (C(OH)–C–C–N with tert-alkyl or cyclic N) is 1. The first-order chi connectivity index (χ1) is 7.65. The van der Waals surface area contributed by atoms with E-state index in [2.05, 4.69) is 43.1 Å². The first kappa shape index (κ1) is 11.6. The lowest BCUT2D eigenvalue weighted by atomic mass is 9.75. The Bertz CT molecular complexity index is 338. The van der Waals surface area contributed by atoms with E-state index in [1.54, 1.807) is 0 Å². The van der Waals surface area contributed by atoms with Crippen LogP contribution in [0.3, 0.4) is 0 Å². The molecule has 0 bridgehead atoms. The molecule has 0 spiro atoms. The second-order valence-electron chi connectivity index (χ2n) is 4.95. The van der Waals surface area contributed by atoms with E-state index in [1.807, 2.05) is 6.07 Å². The Hall–Kier alpha value is -0.860. The highest BCUT2D eigenvalue weighted by Gasteiger charge is 2.39. The van der Waals surface area contributed by atoms with Crippen LogP contribution >= 0.6 is 0 Å². The maximum atomic E-state index is 10.7. The summed E-state index contributed by atoms with van der Waals surface area (Å²) >= 11 is 0. The van der Waals surface area contributed by atoms with Gasteiger partial charge in [0.05, 0.1) is 5.60 Å². The molecule has 1 N–H and O–H groups in total. The summed E-state index contributed by atoms with van der Waals surface area (Å²) in [5.41, 5.74) is 0.717. The fourth-order valence-corrected chi connectivity index (χ4v) is 2.80. The molecule has 16 heavy (non-hydrogen) atoms. The Morgan fingerprint density at radius 1 is 1.38 bits per heavy atom. The third kappa shape index (κ3) is 2.13. The molecule has 2 rings (SSSR count). The molecular formula is C14H21NO. The highest BCUT2D eigenvalue weighted by Crippen LogP contribution is 2.37. The van der Waals surface area contributed by atoms with Crippen LogP contribution in [-0.2, 0) is 0 Å². The van der Waals surface area contributed by atoms with Crippen LogP contribution < -0.4 is 0 Å². The van der Waals surface area contributed by atoms with Crippen LogP contribution in [0.15, 0.2) is 30.3 Å². The van der Waals surface area contributed by atoms with Gasteiger partial charge >= 0.3 is 0 Å². The van der Waals surface area contributed by atoms with E-state index in [0.29, 0.717) is 0 Å². The summed E-state index contributed by atoms with van der Waals surface area (Å²) in [6.07, 6.45) is 1.86. The van der Waals surface area contributed by atoms with Gasteiger partial charge in [-0.3, -0.25) is 0 Å². The van der Waals surface area contributed by atoms with Gasteiger partial charge in [-0.1, -0.05) is 37.3 Å². The number of hydrogen-bond donors (Lipinski definition) is 1. The molecular weight excluding hydrogens is 198 g/mol. The van der Waals surface area contributed by atoms with E-state index < -0.39 is 5.60 Å². The van der Waals surface area contributed by atoms with Crippen molar-refractivity contribution in [1.82, 2.24) is 4.90 Å². The molecule has 1 aliphatic heterocycles. The van der Waals surface area contributed by atoms with Crippen LogP contribution in [0.2, 0.25) is 0 Å². The third-order valence-corrected chi connectivity index (χ3v) is 3.81. The van der Waals surface area contributed by atoms with Gasteiger partial charge in [-0.05, 0) is 32.0 Å². The van der Waals surface area contributed by atoms with Crippen molar-refractivity contribution in [2.45, 2.75) is 31.3 Å². The number of likely N-dealkylation sites (tertiary alicyclic amines) is 1. The smallest absolute Gasteiger partial charge is 0.0839 e. The highest BCUT2D eigenvalue weighted by molar-refractivity contribution is 5.24. The van der Waals surface area contributed by atoms with Crippen LogP contribution in [-0.4, -0.2) is 35.7 Å². The standard InChI is InChI=1S/C14H21NO/c1-3-14(16)11-15(2)10-9-13(14)12-7-5-4-6-8-12/h4-8,13,16H,3,9-11H2,1-2H3/t13-,14+/m0/s1. The molecule has 1 aromatic rings. The average molecular weight is 219 g/mol. The molecule has 2 heteroatoms. The molecule has 0 aliphatic carbocycles. The Labute approximate surface area is 97.9 Å². The van der Waals surface area contributed by atoms with Crippen LogP contribution in [0.25, 0.3) is 0 Å². The molecule has 88 valence electrons. The van der Waals surface area contributed by atoms with Crippen LogP contribution in [0.5, 0.6) is 0 Å². The Kier molecular flexibility index (Phi) is 3.31. The molecule has 0 unspecified atom stereocenters. The monoisotopic (exact) mass is 219 g/mol. The largest absolute Gasteiger partial charge is 0.388 e. The maximum absolute atomic E-state index is 10.7. The van der Waals surface area contributed by atoms with E-state index in [4.69, 9.17) is 0 Å². The van der Waals surface area contributed by atoms with Gasteiger partial charge in [0, 0.05) is 12.5 Å². The van der Waals surface area contributed by atoms with Crippen molar-refractivity contribution in [3.8, 4) is 0 Å². The SMILES string of the molecule is CC[C@@]1(O)CN(C)CC[C@H]1c1ccccc1. The van der Waals surface area contributed by atoms with Gasteiger partial charge in [-0.25, -0.2) is 0 Å². The van der Waals surface area contributed by atoms with E-state index in [1.165, 1.54) is 5.56 Å². The van der Waals surface area contributed by atoms with Crippen LogP contribution in [0.1, 0.15) is 31.2 Å². The van der Waals surface area contributed by atoms with Gasteiger partial charge in [0.1, 0.15) is 0 Å². The average Bonchev–Trinajstić information content (AvgIpc) is 2.30. The van der Waals surface area contributed by atoms with Crippen molar-refractivity contribution >= 4 is 0 Å².